The normalized spacial score (nSPS) is 11.1. The molecule has 1 rings (SSSR count). The molecule has 0 aliphatic carbocycles. The molecule has 0 atom stereocenters. The maximum Gasteiger partial charge on any atom is 0.248 e. The molecule has 1 aromatic rings. The molecule has 1 aromatic carbocycles. The predicted octanol–water partition coefficient (Wildman–Crippen LogP) is 1.85. The number of benzene rings is 1. The van der Waals surface area contributed by atoms with Gasteiger partial charge in [-0.3, -0.25) is 4.79 Å². The van der Waals surface area contributed by atoms with E-state index in [0.717, 1.165) is 10.5 Å². The van der Waals surface area contributed by atoms with Gasteiger partial charge in [0, 0.05) is 15.0 Å². The number of carbonyl (C=O) groups excluding carboxylic acids is 2. The summed E-state index contributed by atoms with van der Waals surface area (Å²) in [5.74, 6) is -1.88. The number of hydrogen-bond acceptors (Lipinski definition) is 3. The lowest BCUT2D eigenvalue weighted by Crippen LogP contribution is -2.24. The van der Waals surface area contributed by atoms with E-state index in [1.165, 1.54) is 6.92 Å². The number of nitrogens with one attached hydrogen (secondary N) is 1. The molecule has 0 unspecified atom stereocenters. The van der Waals surface area contributed by atoms with E-state index < -0.39 is 11.9 Å². The van der Waals surface area contributed by atoms with E-state index in [9.17, 15) is 14.7 Å². The fraction of sp³-hybridized carbons (Fsp3) is 0.0909. The molecule has 0 aromatic heterocycles. The standard InChI is InChI=1S/C11H9Br2NO3/c1-6(11(16)17)4-10(15)14-9-3-2-7(12)5-8(9)13/h2-5H,1H3,(H,14,15)(H,16,17)/p-1. The van der Waals surface area contributed by atoms with Crippen LogP contribution in [0.15, 0.2) is 38.8 Å². The molecule has 0 saturated heterocycles. The Morgan fingerprint density at radius 2 is 2.00 bits per heavy atom. The molecular formula is C11H8Br2NO3-. The average Bonchev–Trinajstić information content (AvgIpc) is 2.22. The minimum absolute atomic E-state index is 0.129. The van der Waals surface area contributed by atoms with Gasteiger partial charge in [0.1, 0.15) is 0 Å². The van der Waals surface area contributed by atoms with Crippen LogP contribution in [-0.4, -0.2) is 11.9 Å². The second-order valence-corrected chi connectivity index (χ2v) is 5.00. The van der Waals surface area contributed by atoms with Crippen LogP contribution in [0.1, 0.15) is 6.92 Å². The van der Waals surface area contributed by atoms with E-state index in [0.29, 0.717) is 10.2 Å². The van der Waals surface area contributed by atoms with Crippen LogP contribution >= 0.6 is 31.9 Å². The predicted molar refractivity (Wildman–Crippen MR) is 69.2 cm³/mol. The largest absolute Gasteiger partial charge is 0.545 e. The number of hydrogen-bond donors (Lipinski definition) is 1. The van der Waals surface area contributed by atoms with Crippen LogP contribution in [-0.2, 0) is 9.59 Å². The molecule has 6 heteroatoms. The third-order valence-electron chi connectivity index (χ3n) is 1.86. The highest BCUT2D eigenvalue weighted by atomic mass is 79.9. The van der Waals surface area contributed by atoms with Crippen molar-refractivity contribution in [2.75, 3.05) is 5.32 Å². The molecule has 0 radical (unpaired) electrons. The summed E-state index contributed by atoms with van der Waals surface area (Å²) in [6.45, 7) is 1.30. The maximum absolute atomic E-state index is 11.5. The number of carboxylic acid groups (broad SMARTS) is 1. The quantitative estimate of drug-likeness (QED) is 0.835. The van der Waals surface area contributed by atoms with Crippen molar-refractivity contribution in [3.63, 3.8) is 0 Å². The highest BCUT2D eigenvalue weighted by molar-refractivity contribution is 9.11. The monoisotopic (exact) mass is 360 g/mol. The minimum Gasteiger partial charge on any atom is -0.545 e. The lowest BCUT2D eigenvalue weighted by molar-refractivity contribution is -0.299. The Labute approximate surface area is 115 Å². The summed E-state index contributed by atoms with van der Waals surface area (Å²) in [6, 6.07) is 5.22. The molecule has 90 valence electrons. The van der Waals surface area contributed by atoms with Crippen molar-refractivity contribution < 1.29 is 14.7 Å². The van der Waals surface area contributed by atoms with Crippen molar-refractivity contribution in [3.05, 3.63) is 38.8 Å². The van der Waals surface area contributed by atoms with Crippen molar-refractivity contribution in [3.8, 4) is 0 Å². The smallest absolute Gasteiger partial charge is 0.248 e. The molecular weight excluding hydrogens is 354 g/mol. The summed E-state index contributed by atoms with van der Waals surface area (Å²) in [4.78, 5) is 21.9. The first-order valence-corrected chi connectivity index (χ1v) is 6.14. The Kier molecular flexibility index (Phi) is 4.89. The van der Waals surface area contributed by atoms with Crippen molar-refractivity contribution in [1.29, 1.82) is 0 Å². The zero-order valence-electron chi connectivity index (χ0n) is 8.79. The molecule has 0 spiro atoms. The van der Waals surface area contributed by atoms with E-state index >= 15 is 0 Å². The van der Waals surface area contributed by atoms with Crippen LogP contribution in [0.3, 0.4) is 0 Å². The zero-order chi connectivity index (χ0) is 13.0. The Balaban J connectivity index is 2.82. The molecule has 0 saturated carbocycles. The second kappa shape index (κ2) is 5.97. The van der Waals surface area contributed by atoms with Gasteiger partial charge < -0.3 is 15.2 Å². The summed E-state index contributed by atoms with van der Waals surface area (Å²) in [6.07, 6.45) is 0.976. The first-order valence-electron chi connectivity index (χ1n) is 4.56. The van der Waals surface area contributed by atoms with E-state index in [4.69, 9.17) is 0 Å². The highest BCUT2D eigenvalue weighted by Crippen LogP contribution is 2.26. The zero-order valence-corrected chi connectivity index (χ0v) is 12.0. The van der Waals surface area contributed by atoms with Crippen molar-refractivity contribution in [1.82, 2.24) is 0 Å². The van der Waals surface area contributed by atoms with E-state index in [1.807, 2.05) is 0 Å². The molecule has 0 heterocycles. The topological polar surface area (TPSA) is 69.2 Å². The average molecular weight is 362 g/mol. The number of carbonyl (C=O) groups is 2. The van der Waals surface area contributed by atoms with Gasteiger partial charge in [-0.2, -0.15) is 0 Å². The number of aliphatic carboxylic acids is 1. The maximum atomic E-state index is 11.5. The lowest BCUT2D eigenvalue weighted by atomic mass is 10.2. The Morgan fingerprint density at radius 1 is 1.35 bits per heavy atom. The first-order chi connectivity index (χ1) is 7.90. The summed E-state index contributed by atoms with van der Waals surface area (Å²) in [7, 11) is 0. The van der Waals surface area contributed by atoms with Crippen LogP contribution in [0, 0.1) is 0 Å². The number of halogens is 2. The van der Waals surface area contributed by atoms with Gasteiger partial charge in [0.25, 0.3) is 0 Å². The molecule has 1 amide bonds. The molecule has 0 aliphatic heterocycles. The Bertz CT molecular complexity index is 497. The summed E-state index contributed by atoms with van der Waals surface area (Å²) < 4.78 is 1.56. The second-order valence-electron chi connectivity index (χ2n) is 3.23. The summed E-state index contributed by atoms with van der Waals surface area (Å²) in [5, 5.41) is 13.0. The van der Waals surface area contributed by atoms with E-state index in [2.05, 4.69) is 37.2 Å². The van der Waals surface area contributed by atoms with E-state index in [-0.39, 0.29) is 5.57 Å². The molecule has 17 heavy (non-hydrogen) atoms. The lowest BCUT2D eigenvalue weighted by Gasteiger charge is -2.06. The number of rotatable bonds is 3. The SMILES string of the molecule is CC(=CC(=O)Nc1ccc(Br)cc1Br)C(=O)[O-]. The van der Waals surface area contributed by atoms with Crippen molar-refractivity contribution >= 4 is 49.4 Å². The van der Waals surface area contributed by atoms with Crippen LogP contribution in [0.25, 0.3) is 0 Å². The summed E-state index contributed by atoms with van der Waals surface area (Å²) >= 11 is 6.56. The summed E-state index contributed by atoms with van der Waals surface area (Å²) in [5.41, 5.74) is 0.427. The molecule has 0 bridgehead atoms. The van der Waals surface area contributed by atoms with Gasteiger partial charge in [-0.15, -0.1) is 0 Å². The molecule has 4 nitrogen and oxygen atoms in total. The Hall–Kier alpha value is -1.14. The van der Waals surface area contributed by atoms with Gasteiger partial charge in [-0.05, 0) is 46.6 Å². The third kappa shape index (κ3) is 4.32. The van der Waals surface area contributed by atoms with Crippen LogP contribution < -0.4 is 10.4 Å². The van der Waals surface area contributed by atoms with Crippen LogP contribution in [0.2, 0.25) is 0 Å². The number of amides is 1. The van der Waals surface area contributed by atoms with Gasteiger partial charge in [0.05, 0.1) is 11.7 Å². The molecule has 1 N–H and O–H groups in total. The first kappa shape index (κ1) is 13.9. The van der Waals surface area contributed by atoms with Crippen LogP contribution in [0.4, 0.5) is 5.69 Å². The van der Waals surface area contributed by atoms with Gasteiger partial charge in [-0.25, -0.2) is 0 Å². The van der Waals surface area contributed by atoms with Gasteiger partial charge in [0.2, 0.25) is 5.91 Å². The number of carboxylic acids is 1. The fourth-order valence-electron chi connectivity index (χ4n) is 1.02. The van der Waals surface area contributed by atoms with Gasteiger partial charge in [-0.1, -0.05) is 15.9 Å². The molecule has 0 aliphatic rings. The third-order valence-corrected chi connectivity index (χ3v) is 3.01. The molecule has 0 fully saturated rings. The van der Waals surface area contributed by atoms with Crippen molar-refractivity contribution in [2.45, 2.75) is 6.92 Å². The van der Waals surface area contributed by atoms with Crippen LogP contribution in [0.5, 0.6) is 0 Å². The highest BCUT2D eigenvalue weighted by Gasteiger charge is 2.04. The van der Waals surface area contributed by atoms with Gasteiger partial charge >= 0.3 is 0 Å². The van der Waals surface area contributed by atoms with E-state index in [1.54, 1.807) is 18.2 Å². The fourth-order valence-corrected chi connectivity index (χ4v) is 2.16. The number of anilines is 1. The Morgan fingerprint density at radius 3 is 2.53 bits per heavy atom. The van der Waals surface area contributed by atoms with Gasteiger partial charge in [0.15, 0.2) is 0 Å². The minimum atomic E-state index is -1.37. The van der Waals surface area contributed by atoms with Crippen molar-refractivity contribution in [2.24, 2.45) is 0 Å².